The summed E-state index contributed by atoms with van der Waals surface area (Å²) in [4.78, 5) is 0. The third-order valence-electron chi connectivity index (χ3n) is 0.541. The van der Waals surface area contributed by atoms with Crippen LogP contribution in [0.25, 0.3) is 0 Å². The van der Waals surface area contributed by atoms with Crippen LogP contribution < -0.4 is 0 Å². The van der Waals surface area contributed by atoms with Gasteiger partial charge in [0.25, 0.3) is 0 Å². The smallest absolute Gasteiger partial charge is 0.0723 e. The summed E-state index contributed by atoms with van der Waals surface area (Å²) in [5.41, 5.74) is 0. The van der Waals surface area contributed by atoms with Crippen molar-refractivity contribution < 1.29 is 0 Å². The van der Waals surface area contributed by atoms with Crippen molar-refractivity contribution in [1.82, 2.24) is 0 Å². The van der Waals surface area contributed by atoms with Gasteiger partial charge >= 0.3 is 0 Å². The Kier molecular flexibility index (Phi) is 1.08. The number of rotatable bonds is 0. The monoisotopic (exact) mass is 86.0 g/mol. The Morgan fingerprint density at radius 2 is 1.29 bits per heavy atom. The van der Waals surface area contributed by atoms with E-state index in [0.29, 0.717) is 6.42 Å². The quantitative estimate of drug-likeness (QED) is 0.374. The molecule has 0 radical (unpaired) electrons. The van der Waals surface area contributed by atoms with Crippen LogP contribution in [-0.2, 0) is 0 Å². The Labute approximate surface area is 42.9 Å². The molecule has 0 spiro atoms. The first-order valence-corrected chi connectivity index (χ1v) is 1.96. The van der Waals surface area contributed by atoms with Gasteiger partial charge in [-0.3, -0.25) is 0 Å². The predicted molar refractivity (Wildman–Crippen MR) is 27.9 cm³/mol. The van der Waals surface area contributed by atoms with Gasteiger partial charge in [0.05, 0.1) is 6.42 Å². The molecule has 0 aliphatic heterocycles. The molecule has 30 valence electrons. The van der Waals surface area contributed by atoms with Crippen molar-refractivity contribution in [1.29, 1.82) is 0 Å². The van der Waals surface area contributed by atoms with Crippen molar-refractivity contribution in [2.45, 2.75) is 6.42 Å². The van der Waals surface area contributed by atoms with Crippen LogP contribution in [0.1, 0.15) is 6.42 Å². The molecule has 0 heteroatoms. The van der Waals surface area contributed by atoms with E-state index in [1.165, 1.54) is 0 Å². The van der Waals surface area contributed by atoms with Gasteiger partial charge in [0.1, 0.15) is 0 Å². The van der Waals surface area contributed by atoms with Crippen LogP contribution in [0, 0.1) is 35.5 Å². The minimum atomic E-state index is 0.653. The van der Waals surface area contributed by atoms with E-state index in [0.717, 1.165) is 0 Å². The topological polar surface area (TPSA) is 0 Å². The minimum Gasteiger partial charge on any atom is -0.0759 e. The second-order valence-electron chi connectivity index (χ2n) is 1.03. The van der Waals surface area contributed by atoms with Crippen molar-refractivity contribution in [2.75, 3.05) is 0 Å². The Bertz CT molecular complexity index is 202. The molecule has 0 unspecified atom stereocenters. The second-order valence-corrected chi connectivity index (χ2v) is 1.03. The van der Waals surface area contributed by atoms with E-state index in [1.54, 1.807) is 0 Å². The molecule has 0 aromatic carbocycles. The van der Waals surface area contributed by atoms with Gasteiger partial charge in [0, 0.05) is 0 Å². The summed E-state index contributed by atoms with van der Waals surface area (Å²) in [6, 6.07) is 0. The van der Waals surface area contributed by atoms with Crippen molar-refractivity contribution in [2.24, 2.45) is 0 Å². The lowest BCUT2D eigenvalue weighted by Crippen LogP contribution is -1.52. The molecule has 0 aromatic heterocycles. The van der Waals surface area contributed by atoms with E-state index in [-0.39, 0.29) is 0 Å². The Morgan fingerprint density at radius 3 is 1.86 bits per heavy atom. The fourth-order valence-electron chi connectivity index (χ4n) is 0.283. The van der Waals surface area contributed by atoms with Crippen molar-refractivity contribution in [3.63, 3.8) is 0 Å². The van der Waals surface area contributed by atoms with Crippen LogP contribution in [-0.4, -0.2) is 0 Å². The Morgan fingerprint density at radius 1 is 0.714 bits per heavy atom. The van der Waals surface area contributed by atoms with Gasteiger partial charge in [-0.05, 0) is 23.7 Å². The first kappa shape index (κ1) is 3.86. The summed E-state index contributed by atoms with van der Waals surface area (Å²) < 4.78 is 0. The highest BCUT2D eigenvalue weighted by Gasteiger charge is 1.65. The minimum absolute atomic E-state index is 0.653. The summed E-state index contributed by atoms with van der Waals surface area (Å²) in [7, 11) is 0. The molecule has 7 heavy (non-hydrogen) atoms. The average Bonchev–Trinajstić information content (AvgIpc) is 1.90. The maximum Gasteiger partial charge on any atom is 0.0723 e. The van der Waals surface area contributed by atoms with E-state index >= 15 is 0 Å². The Balaban J connectivity index is 2.86. The van der Waals surface area contributed by atoms with E-state index in [2.05, 4.69) is 35.5 Å². The highest BCUT2D eigenvalue weighted by molar-refractivity contribution is 5.39. The largest absolute Gasteiger partial charge is 0.0759 e. The SMILES string of the molecule is C1#CC#CCC#C1. The zero-order valence-electron chi connectivity index (χ0n) is 3.71. The molecule has 1 rings (SSSR count). The number of hydrogen-bond acceptors (Lipinski definition) is 0. The van der Waals surface area contributed by atoms with Crippen molar-refractivity contribution in [3.05, 3.63) is 0 Å². The fraction of sp³-hybridized carbons (Fsp3) is 0.143. The molecule has 0 amide bonds. The summed E-state index contributed by atoms with van der Waals surface area (Å²) in [6.45, 7) is 0. The molecule has 0 fully saturated rings. The van der Waals surface area contributed by atoms with Gasteiger partial charge in [-0.25, -0.2) is 0 Å². The van der Waals surface area contributed by atoms with E-state index in [4.69, 9.17) is 0 Å². The third-order valence-corrected chi connectivity index (χ3v) is 0.541. The summed E-state index contributed by atoms with van der Waals surface area (Å²) >= 11 is 0. The zero-order valence-corrected chi connectivity index (χ0v) is 3.71. The zero-order chi connectivity index (χ0) is 4.95. The van der Waals surface area contributed by atoms with Gasteiger partial charge in [-0.15, -0.1) is 0 Å². The normalized spacial score (nSPS) is 10.3. The number of hydrogen-bond donors (Lipinski definition) is 0. The molecular weight excluding hydrogens is 84.1 g/mol. The van der Waals surface area contributed by atoms with Crippen molar-refractivity contribution >= 4 is 0 Å². The Hall–Kier alpha value is -1.32. The molecule has 0 saturated carbocycles. The van der Waals surface area contributed by atoms with Crippen LogP contribution in [0.5, 0.6) is 0 Å². The molecular formula is C7H2. The first-order valence-electron chi connectivity index (χ1n) is 1.96. The van der Waals surface area contributed by atoms with E-state index < -0.39 is 0 Å². The highest BCUT2D eigenvalue weighted by Crippen LogP contribution is 1.70. The molecule has 0 heterocycles. The summed E-state index contributed by atoms with van der Waals surface area (Å²) in [5, 5.41) is 0. The standard InChI is InChI=1S/C7H2/c1-2-4-6-7-5-3-1/h1H2. The van der Waals surface area contributed by atoms with Crippen LogP contribution in [0.3, 0.4) is 0 Å². The van der Waals surface area contributed by atoms with Gasteiger partial charge in [0.15, 0.2) is 0 Å². The first-order chi connectivity index (χ1) is 3.50. The van der Waals surface area contributed by atoms with Crippen LogP contribution in [0.15, 0.2) is 0 Å². The molecule has 1 aliphatic carbocycles. The van der Waals surface area contributed by atoms with Gasteiger partial charge in [0.2, 0.25) is 0 Å². The third kappa shape index (κ3) is 1.04. The molecule has 0 atom stereocenters. The predicted octanol–water partition coefficient (Wildman–Crippen LogP) is 0.400. The molecule has 0 nitrogen and oxygen atoms in total. The van der Waals surface area contributed by atoms with Crippen LogP contribution in [0.4, 0.5) is 0 Å². The van der Waals surface area contributed by atoms with E-state index in [9.17, 15) is 0 Å². The lowest BCUT2D eigenvalue weighted by atomic mass is 10.4. The van der Waals surface area contributed by atoms with Gasteiger partial charge in [-0.2, -0.15) is 0 Å². The molecule has 0 N–H and O–H groups in total. The molecule has 0 saturated heterocycles. The maximum absolute atomic E-state index is 2.75. The van der Waals surface area contributed by atoms with Crippen molar-refractivity contribution in [3.8, 4) is 35.5 Å². The van der Waals surface area contributed by atoms with E-state index in [1.807, 2.05) is 0 Å². The maximum atomic E-state index is 2.75. The lowest BCUT2D eigenvalue weighted by molar-refractivity contribution is 1.57. The van der Waals surface area contributed by atoms with Gasteiger partial charge < -0.3 is 0 Å². The molecule has 0 aromatic rings. The van der Waals surface area contributed by atoms with Crippen LogP contribution >= 0.6 is 0 Å². The van der Waals surface area contributed by atoms with Crippen LogP contribution in [0.2, 0.25) is 0 Å². The molecule has 1 aliphatic rings. The lowest BCUT2D eigenvalue weighted by Gasteiger charge is -1.58. The summed E-state index contributed by atoms with van der Waals surface area (Å²) in [5.74, 6) is 15.8. The highest BCUT2D eigenvalue weighted by atomic mass is 13.7. The average molecular weight is 86.1 g/mol. The van der Waals surface area contributed by atoms with Gasteiger partial charge in [-0.1, -0.05) is 11.8 Å². The fourth-order valence-corrected chi connectivity index (χ4v) is 0.283. The summed E-state index contributed by atoms with van der Waals surface area (Å²) in [6.07, 6.45) is 0.653. The molecule has 0 bridgehead atoms. The second kappa shape index (κ2) is 1.96.